The quantitative estimate of drug-likeness (QED) is 0.744. The molecule has 150 valence electrons. The largest absolute Gasteiger partial charge is 0.416 e. The van der Waals surface area contributed by atoms with Crippen molar-refractivity contribution in [2.24, 2.45) is 0 Å². The molecule has 0 saturated carbocycles. The van der Waals surface area contributed by atoms with Crippen molar-refractivity contribution < 1.29 is 35.4 Å². The van der Waals surface area contributed by atoms with Crippen molar-refractivity contribution in [2.45, 2.75) is 31.7 Å². The molecule has 1 heterocycles. The van der Waals surface area contributed by atoms with Crippen molar-refractivity contribution in [2.75, 3.05) is 19.3 Å². The average Bonchev–Trinajstić information content (AvgIpc) is 2.90. The summed E-state index contributed by atoms with van der Waals surface area (Å²) in [7, 11) is -3.66. The summed E-state index contributed by atoms with van der Waals surface area (Å²) in [5.41, 5.74) is -1.18. The molecule has 0 bridgehead atoms. The summed E-state index contributed by atoms with van der Waals surface area (Å²) in [6.45, 7) is 1.33. The fourth-order valence-electron chi connectivity index (χ4n) is 2.84. The van der Waals surface area contributed by atoms with Crippen molar-refractivity contribution >= 4 is 21.9 Å². The van der Waals surface area contributed by atoms with Gasteiger partial charge in [-0.2, -0.15) is 21.6 Å². The molecule has 0 spiro atoms. The van der Waals surface area contributed by atoms with Crippen LogP contribution in [0.4, 0.5) is 13.2 Å². The molecule has 0 aliphatic carbocycles. The molecule has 1 aliphatic rings. The van der Waals surface area contributed by atoms with Gasteiger partial charge >= 0.3 is 6.18 Å². The zero-order valence-electron chi connectivity index (χ0n) is 14.6. The van der Waals surface area contributed by atoms with Crippen molar-refractivity contribution in [3.63, 3.8) is 0 Å². The minimum absolute atomic E-state index is 0.0481. The Morgan fingerprint density at radius 2 is 2.00 bits per heavy atom. The topological polar surface area (TPSA) is 92.8 Å². The Kier molecular flexibility index (Phi) is 6.15. The van der Waals surface area contributed by atoms with E-state index in [9.17, 15) is 31.2 Å². The second kappa shape index (κ2) is 7.85. The average molecular weight is 408 g/mol. The van der Waals surface area contributed by atoms with E-state index >= 15 is 0 Å². The van der Waals surface area contributed by atoms with E-state index in [0.29, 0.717) is 12.5 Å². The summed E-state index contributed by atoms with van der Waals surface area (Å²) < 4.78 is 65.3. The van der Waals surface area contributed by atoms with Crippen LogP contribution in [0.3, 0.4) is 0 Å². The normalized spacial score (nSPS) is 20.6. The molecule has 0 radical (unpaired) electrons. The van der Waals surface area contributed by atoms with E-state index in [0.717, 1.165) is 18.4 Å². The van der Waals surface area contributed by atoms with E-state index < -0.39 is 46.3 Å². The molecular weight excluding hydrogens is 389 g/mol. The van der Waals surface area contributed by atoms with E-state index in [1.54, 1.807) is 6.92 Å². The van der Waals surface area contributed by atoms with Crippen LogP contribution in [0.1, 0.15) is 29.3 Å². The maximum Gasteiger partial charge on any atom is 0.416 e. The number of halogens is 3. The summed E-state index contributed by atoms with van der Waals surface area (Å²) in [5.74, 6) is -1.30. The molecule has 2 rings (SSSR count). The highest BCUT2D eigenvalue weighted by atomic mass is 32.2. The van der Waals surface area contributed by atoms with Crippen molar-refractivity contribution in [3.8, 4) is 0 Å². The molecule has 1 aromatic carbocycles. The zero-order valence-corrected chi connectivity index (χ0v) is 15.4. The van der Waals surface area contributed by atoms with Crippen LogP contribution in [0, 0.1) is 0 Å². The lowest BCUT2D eigenvalue weighted by Crippen LogP contribution is -2.42. The van der Waals surface area contributed by atoms with Gasteiger partial charge in [-0.05, 0) is 31.5 Å². The Bertz CT molecular complexity index is 826. The van der Waals surface area contributed by atoms with Gasteiger partial charge < -0.3 is 10.2 Å². The maximum absolute atomic E-state index is 12.7. The molecule has 2 amide bonds. The number of likely N-dealkylation sites (tertiary alicyclic amines) is 1. The fraction of sp³-hybridized carbons (Fsp3) is 0.500. The van der Waals surface area contributed by atoms with Crippen molar-refractivity contribution in [3.05, 3.63) is 35.4 Å². The Hall–Kier alpha value is -2.14. The number of nitrogens with zero attached hydrogens (tertiary/aromatic N) is 1. The number of carbonyl (C=O) groups is 2. The standard InChI is InChI=1S/C16H19F3N2O5S/c1-10-6-13(26-27(2,24)25)9-21(10)14(22)8-20-15(23)11-4-3-5-12(7-11)16(17,18)19/h3-5,7,10,13H,6,8-9H2,1-2H3,(H,20,23). The predicted molar refractivity (Wildman–Crippen MR) is 89.3 cm³/mol. The van der Waals surface area contributed by atoms with Gasteiger partial charge in [0.05, 0.1) is 24.5 Å². The van der Waals surface area contributed by atoms with Crippen LogP contribution < -0.4 is 5.32 Å². The van der Waals surface area contributed by atoms with E-state index in [-0.39, 0.29) is 18.2 Å². The summed E-state index contributed by atoms with van der Waals surface area (Å²) in [5, 5.41) is 2.28. The van der Waals surface area contributed by atoms with Crippen LogP contribution in [-0.4, -0.2) is 56.6 Å². The van der Waals surface area contributed by atoms with Crippen LogP contribution in [0.25, 0.3) is 0 Å². The maximum atomic E-state index is 12.7. The Morgan fingerprint density at radius 3 is 2.59 bits per heavy atom. The van der Waals surface area contributed by atoms with Gasteiger partial charge in [-0.15, -0.1) is 0 Å². The summed E-state index contributed by atoms with van der Waals surface area (Å²) >= 11 is 0. The number of amides is 2. The smallest absolute Gasteiger partial charge is 0.343 e. The summed E-state index contributed by atoms with van der Waals surface area (Å²) in [6.07, 6.45) is -4.01. The Morgan fingerprint density at radius 1 is 1.33 bits per heavy atom. The molecule has 1 saturated heterocycles. The molecule has 1 fully saturated rings. The van der Waals surface area contributed by atoms with E-state index in [1.165, 1.54) is 11.0 Å². The van der Waals surface area contributed by atoms with E-state index in [1.807, 2.05) is 0 Å². The monoisotopic (exact) mass is 408 g/mol. The molecule has 1 aliphatic heterocycles. The highest BCUT2D eigenvalue weighted by Crippen LogP contribution is 2.29. The molecular formula is C16H19F3N2O5S. The van der Waals surface area contributed by atoms with Gasteiger partial charge in [0.15, 0.2) is 0 Å². The van der Waals surface area contributed by atoms with Gasteiger partial charge in [-0.1, -0.05) is 6.07 Å². The highest BCUT2D eigenvalue weighted by molar-refractivity contribution is 7.86. The summed E-state index contributed by atoms with van der Waals surface area (Å²) in [4.78, 5) is 25.6. The van der Waals surface area contributed by atoms with Gasteiger partial charge in [0.1, 0.15) is 0 Å². The molecule has 1 N–H and O–H groups in total. The molecule has 0 aromatic heterocycles. The van der Waals surface area contributed by atoms with Crippen LogP contribution in [-0.2, 0) is 25.3 Å². The highest BCUT2D eigenvalue weighted by Gasteiger charge is 2.35. The lowest BCUT2D eigenvalue weighted by molar-refractivity contribution is -0.137. The third-order valence-corrected chi connectivity index (χ3v) is 4.64. The van der Waals surface area contributed by atoms with E-state index in [4.69, 9.17) is 4.18 Å². The third kappa shape index (κ3) is 5.93. The minimum atomic E-state index is -4.58. The first kappa shape index (κ1) is 21.2. The molecule has 11 heteroatoms. The number of alkyl halides is 3. The molecule has 2 atom stereocenters. The number of benzene rings is 1. The number of nitrogens with one attached hydrogen (secondary N) is 1. The Labute approximate surface area is 154 Å². The van der Waals surface area contributed by atoms with Gasteiger partial charge in [-0.3, -0.25) is 13.8 Å². The van der Waals surface area contributed by atoms with Gasteiger partial charge in [0.2, 0.25) is 5.91 Å². The van der Waals surface area contributed by atoms with Gasteiger partial charge in [-0.25, -0.2) is 0 Å². The second-order valence-corrected chi connectivity index (χ2v) is 7.92. The molecule has 7 nitrogen and oxygen atoms in total. The third-order valence-electron chi connectivity index (χ3n) is 4.02. The van der Waals surface area contributed by atoms with Crippen LogP contribution in [0.2, 0.25) is 0 Å². The SMILES string of the molecule is CC1CC(OS(C)(=O)=O)CN1C(=O)CNC(=O)c1cccc(C(F)(F)F)c1. The molecule has 1 aromatic rings. The first-order chi connectivity index (χ1) is 12.4. The van der Waals surface area contributed by atoms with Gasteiger partial charge in [0.25, 0.3) is 16.0 Å². The first-order valence-corrected chi connectivity index (χ1v) is 9.81. The van der Waals surface area contributed by atoms with Crippen LogP contribution in [0.15, 0.2) is 24.3 Å². The van der Waals surface area contributed by atoms with Crippen molar-refractivity contribution in [1.29, 1.82) is 0 Å². The van der Waals surface area contributed by atoms with Crippen LogP contribution >= 0.6 is 0 Å². The zero-order chi connectivity index (χ0) is 20.4. The second-order valence-electron chi connectivity index (χ2n) is 6.31. The number of carbonyl (C=O) groups excluding carboxylic acids is 2. The first-order valence-electron chi connectivity index (χ1n) is 8.00. The predicted octanol–water partition coefficient (Wildman–Crippen LogP) is 1.40. The lowest BCUT2D eigenvalue weighted by atomic mass is 10.1. The lowest BCUT2D eigenvalue weighted by Gasteiger charge is -2.21. The van der Waals surface area contributed by atoms with Gasteiger partial charge in [0, 0.05) is 18.2 Å². The summed E-state index contributed by atoms with van der Waals surface area (Å²) in [6, 6.07) is 3.57. The minimum Gasteiger partial charge on any atom is -0.343 e. The molecule has 27 heavy (non-hydrogen) atoms. The number of rotatable bonds is 5. The molecule has 2 unspecified atom stereocenters. The Balaban J connectivity index is 1.94. The fourth-order valence-corrected chi connectivity index (χ4v) is 3.48. The van der Waals surface area contributed by atoms with E-state index in [2.05, 4.69) is 5.32 Å². The number of hydrogen-bond acceptors (Lipinski definition) is 5. The van der Waals surface area contributed by atoms with Crippen LogP contribution in [0.5, 0.6) is 0 Å². The van der Waals surface area contributed by atoms with Crippen molar-refractivity contribution in [1.82, 2.24) is 10.2 Å². The number of hydrogen-bond donors (Lipinski definition) is 1.